The van der Waals surface area contributed by atoms with Crippen molar-refractivity contribution >= 4 is 5.97 Å². The van der Waals surface area contributed by atoms with Crippen LogP contribution in [0.1, 0.15) is 34.1 Å². The highest BCUT2D eigenvalue weighted by molar-refractivity contribution is 5.71. The molecule has 0 unspecified atom stereocenters. The molecule has 4 nitrogen and oxygen atoms in total. The smallest absolute Gasteiger partial charge is 0.310 e. The minimum Gasteiger partial charge on any atom is -0.469 e. The molecule has 1 saturated heterocycles. The minimum atomic E-state index is -0.389. The Hall–Kier alpha value is -0.610. The van der Waals surface area contributed by atoms with E-state index in [0.717, 1.165) is 12.5 Å². The largest absolute Gasteiger partial charge is 0.469 e. The fourth-order valence-corrected chi connectivity index (χ4v) is 1.60. The number of aliphatic hydroxyl groups is 1. The Morgan fingerprint density at radius 1 is 1.62 bits per heavy atom. The van der Waals surface area contributed by atoms with Gasteiger partial charge in [-0.05, 0) is 33.1 Å². The van der Waals surface area contributed by atoms with E-state index in [9.17, 15) is 4.79 Å². The van der Waals surface area contributed by atoms with E-state index in [1.54, 1.807) is 6.92 Å². The van der Waals surface area contributed by atoms with Gasteiger partial charge in [-0.2, -0.15) is 0 Å². The monoisotopic (exact) mass is 232 g/mol. The van der Waals surface area contributed by atoms with Crippen molar-refractivity contribution < 1.29 is 19.4 Å². The van der Waals surface area contributed by atoms with Crippen molar-refractivity contribution in [1.82, 2.24) is 0 Å². The fraction of sp³-hybridized carbons (Fsp3) is 0.917. The number of hydrogen-bond acceptors (Lipinski definition) is 4. The van der Waals surface area contributed by atoms with Crippen molar-refractivity contribution in [2.45, 2.75) is 39.7 Å². The summed E-state index contributed by atoms with van der Waals surface area (Å²) in [6.45, 7) is 8.94. The topological polar surface area (TPSA) is 55.8 Å². The van der Waals surface area contributed by atoms with Crippen LogP contribution in [0, 0.1) is 11.8 Å². The van der Waals surface area contributed by atoms with Crippen LogP contribution in [-0.4, -0.2) is 37.0 Å². The summed E-state index contributed by atoms with van der Waals surface area (Å²) in [4.78, 5) is 10.4. The quantitative estimate of drug-likeness (QED) is 0.735. The van der Waals surface area contributed by atoms with Crippen molar-refractivity contribution in [3.63, 3.8) is 0 Å². The molecule has 1 N–H and O–H groups in total. The van der Waals surface area contributed by atoms with E-state index in [0.29, 0.717) is 0 Å². The predicted molar refractivity (Wildman–Crippen MR) is 62.1 cm³/mol. The summed E-state index contributed by atoms with van der Waals surface area (Å²) >= 11 is 0. The molecule has 1 heterocycles. The molecule has 4 heteroatoms. The molecule has 0 aromatic heterocycles. The molecule has 0 amide bonds. The zero-order chi connectivity index (χ0) is 12.8. The second-order valence-electron chi connectivity index (χ2n) is 4.99. The van der Waals surface area contributed by atoms with E-state index in [4.69, 9.17) is 9.84 Å². The van der Waals surface area contributed by atoms with Crippen LogP contribution in [0.2, 0.25) is 0 Å². The summed E-state index contributed by atoms with van der Waals surface area (Å²) < 4.78 is 9.76. The first-order valence-electron chi connectivity index (χ1n) is 5.65. The Balaban J connectivity index is 0.000000281. The third kappa shape index (κ3) is 6.08. The van der Waals surface area contributed by atoms with Crippen LogP contribution in [0.4, 0.5) is 0 Å². The first-order chi connectivity index (χ1) is 7.32. The molecule has 96 valence electrons. The Morgan fingerprint density at radius 2 is 2.19 bits per heavy atom. The summed E-state index contributed by atoms with van der Waals surface area (Å²) in [6.07, 6.45) is 1.22. The van der Waals surface area contributed by atoms with Gasteiger partial charge in [0.15, 0.2) is 0 Å². The van der Waals surface area contributed by atoms with Gasteiger partial charge in [-0.1, -0.05) is 6.92 Å². The number of carbonyl (C=O) groups is 1. The van der Waals surface area contributed by atoms with Crippen LogP contribution >= 0.6 is 0 Å². The van der Waals surface area contributed by atoms with E-state index in [-0.39, 0.29) is 24.1 Å². The highest BCUT2D eigenvalue weighted by Gasteiger charge is 2.28. The first-order valence-corrected chi connectivity index (χ1v) is 5.65. The van der Waals surface area contributed by atoms with Gasteiger partial charge in [-0.3, -0.25) is 4.79 Å². The summed E-state index contributed by atoms with van der Waals surface area (Å²) in [6, 6.07) is 0. The number of ether oxygens (including phenoxy) is 2. The van der Waals surface area contributed by atoms with Crippen LogP contribution in [0.5, 0.6) is 0 Å². The van der Waals surface area contributed by atoms with Gasteiger partial charge >= 0.3 is 5.97 Å². The van der Waals surface area contributed by atoms with Crippen molar-refractivity contribution in [2.75, 3.05) is 20.3 Å². The number of aliphatic hydroxyl groups excluding tert-OH is 1. The number of esters is 1. The lowest BCUT2D eigenvalue weighted by Crippen LogP contribution is -2.16. The Labute approximate surface area is 97.9 Å². The van der Waals surface area contributed by atoms with Gasteiger partial charge in [0.2, 0.25) is 0 Å². The summed E-state index contributed by atoms with van der Waals surface area (Å²) in [5, 5.41) is 8.34. The molecule has 2 atom stereocenters. The van der Waals surface area contributed by atoms with Gasteiger partial charge in [0.25, 0.3) is 0 Å². The number of methoxy groups -OCH3 is 1. The van der Waals surface area contributed by atoms with Gasteiger partial charge < -0.3 is 14.6 Å². The lowest BCUT2D eigenvalue weighted by atomic mass is 10.00. The lowest BCUT2D eigenvalue weighted by Gasteiger charge is -2.14. The number of carbonyl (C=O) groups excluding carboxylic acids is 1. The van der Waals surface area contributed by atoms with E-state index in [1.807, 2.05) is 0 Å². The minimum absolute atomic E-state index is 0.146. The average Bonchev–Trinajstić information content (AvgIpc) is 2.55. The zero-order valence-electron chi connectivity index (χ0n) is 10.9. The maximum Gasteiger partial charge on any atom is 0.310 e. The molecule has 1 aliphatic rings. The van der Waals surface area contributed by atoms with Gasteiger partial charge in [-0.15, -0.1) is 0 Å². The third-order valence-electron chi connectivity index (χ3n) is 2.48. The average molecular weight is 232 g/mol. The molecule has 0 aromatic carbocycles. The molecule has 16 heavy (non-hydrogen) atoms. The molecule has 0 spiro atoms. The van der Waals surface area contributed by atoms with Crippen molar-refractivity contribution in [2.24, 2.45) is 11.8 Å². The van der Waals surface area contributed by atoms with Crippen LogP contribution in [0.3, 0.4) is 0 Å². The summed E-state index contributed by atoms with van der Waals surface area (Å²) in [7, 11) is 1.30. The van der Waals surface area contributed by atoms with Crippen LogP contribution in [0.25, 0.3) is 0 Å². The normalized spacial score (nSPS) is 24.2. The Morgan fingerprint density at radius 3 is 2.31 bits per heavy atom. The number of hydrogen-bond donors (Lipinski definition) is 1. The Bertz CT molecular complexity index is 213. The maximum absolute atomic E-state index is 10.4. The summed E-state index contributed by atoms with van der Waals surface area (Å²) in [5.41, 5.74) is 0.166. The van der Waals surface area contributed by atoms with Crippen molar-refractivity contribution in [1.29, 1.82) is 0 Å². The van der Waals surface area contributed by atoms with Crippen LogP contribution in [-0.2, 0) is 14.3 Å². The molecule has 0 aromatic rings. The zero-order valence-corrected chi connectivity index (χ0v) is 10.9. The molecule has 1 fully saturated rings. The highest BCUT2D eigenvalue weighted by Crippen LogP contribution is 2.27. The van der Waals surface area contributed by atoms with Crippen molar-refractivity contribution in [3.05, 3.63) is 0 Å². The standard InChI is InChI=1S/C7H14O.C5H10O3/c1-6-4-7(2,3)8-5-6;1-4(3-6)5(7)8-2/h6H,4-5H2,1-3H3;4,6H,3H2,1-2H3/t6-;4-/m11/s1. The van der Waals surface area contributed by atoms with Gasteiger partial charge in [0.1, 0.15) is 0 Å². The van der Waals surface area contributed by atoms with E-state index in [2.05, 4.69) is 25.5 Å². The van der Waals surface area contributed by atoms with Crippen LogP contribution < -0.4 is 0 Å². The van der Waals surface area contributed by atoms with Gasteiger partial charge in [0.05, 0.1) is 25.2 Å². The molecule has 0 aliphatic carbocycles. The SMILES string of the molecule is COC(=O)[C@H](C)CO.C[C@H]1COC(C)(C)C1. The summed E-state index contributed by atoms with van der Waals surface area (Å²) in [5.74, 6) is 0.0116. The van der Waals surface area contributed by atoms with Gasteiger partial charge in [0, 0.05) is 6.61 Å². The van der Waals surface area contributed by atoms with E-state index >= 15 is 0 Å². The van der Waals surface area contributed by atoms with Gasteiger partial charge in [-0.25, -0.2) is 0 Å². The first kappa shape index (κ1) is 15.4. The lowest BCUT2D eigenvalue weighted by molar-refractivity contribution is -0.146. The molecule has 0 saturated carbocycles. The third-order valence-corrected chi connectivity index (χ3v) is 2.48. The van der Waals surface area contributed by atoms with E-state index < -0.39 is 0 Å². The van der Waals surface area contributed by atoms with Crippen LogP contribution in [0.15, 0.2) is 0 Å². The molecule has 0 bridgehead atoms. The van der Waals surface area contributed by atoms with E-state index in [1.165, 1.54) is 13.5 Å². The number of rotatable bonds is 2. The maximum atomic E-state index is 10.4. The molecular weight excluding hydrogens is 208 g/mol. The second-order valence-corrected chi connectivity index (χ2v) is 4.99. The molecule has 1 aliphatic heterocycles. The molecule has 0 radical (unpaired) electrons. The fourth-order valence-electron chi connectivity index (χ4n) is 1.60. The molecular formula is C12H24O4. The Kier molecular flexibility index (Phi) is 6.60. The highest BCUT2D eigenvalue weighted by atomic mass is 16.5. The predicted octanol–water partition coefficient (Wildman–Crippen LogP) is 1.61. The molecule has 1 rings (SSSR count). The second kappa shape index (κ2) is 6.86. The van der Waals surface area contributed by atoms with Crippen molar-refractivity contribution in [3.8, 4) is 0 Å².